The zero-order chi connectivity index (χ0) is 17.9. The largest absolute Gasteiger partial charge is 0.496 e. The number of nitrogens with one attached hydrogen (secondary N) is 1. The first kappa shape index (κ1) is 15.8. The maximum Gasteiger partial charge on any atom is 0.255 e. The third kappa shape index (κ3) is 3.00. The van der Waals surface area contributed by atoms with Gasteiger partial charge in [0.15, 0.2) is 5.58 Å². The normalized spacial score (nSPS) is 10.7. The molecule has 0 aliphatic heterocycles. The summed E-state index contributed by atoms with van der Waals surface area (Å²) in [6, 6.07) is 16.2. The summed E-state index contributed by atoms with van der Waals surface area (Å²) in [5, 5.41) is 2.84. The Balaban J connectivity index is 1.65. The second-order valence-electron chi connectivity index (χ2n) is 5.59. The van der Waals surface area contributed by atoms with Crippen molar-refractivity contribution >= 4 is 22.7 Å². The molecule has 0 saturated carbocycles. The van der Waals surface area contributed by atoms with E-state index in [4.69, 9.17) is 9.15 Å². The van der Waals surface area contributed by atoms with E-state index in [1.54, 1.807) is 49.8 Å². The van der Waals surface area contributed by atoms with Crippen LogP contribution in [0.25, 0.3) is 22.6 Å². The van der Waals surface area contributed by atoms with Crippen molar-refractivity contribution in [2.24, 2.45) is 0 Å². The minimum absolute atomic E-state index is 0.212. The number of hydrogen-bond donors (Lipinski definition) is 1. The lowest BCUT2D eigenvalue weighted by Crippen LogP contribution is -2.11. The number of aromatic nitrogens is 2. The van der Waals surface area contributed by atoms with Gasteiger partial charge in [-0.2, -0.15) is 0 Å². The summed E-state index contributed by atoms with van der Waals surface area (Å²) in [6.07, 6.45) is 3.15. The summed E-state index contributed by atoms with van der Waals surface area (Å²) in [5.41, 5.74) is 3.22. The number of carbonyl (C=O) groups is 1. The Kier molecular flexibility index (Phi) is 4.07. The number of oxazole rings is 1. The summed E-state index contributed by atoms with van der Waals surface area (Å²) in [4.78, 5) is 20.7. The summed E-state index contributed by atoms with van der Waals surface area (Å²) >= 11 is 0. The highest BCUT2D eigenvalue weighted by atomic mass is 16.5. The van der Waals surface area contributed by atoms with E-state index >= 15 is 0 Å². The van der Waals surface area contributed by atoms with Crippen molar-refractivity contribution in [1.29, 1.82) is 0 Å². The zero-order valence-electron chi connectivity index (χ0n) is 14.0. The number of pyridine rings is 1. The molecule has 0 atom stereocenters. The summed E-state index contributed by atoms with van der Waals surface area (Å²) in [5.74, 6) is 0.941. The molecule has 4 aromatic rings. The van der Waals surface area contributed by atoms with E-state index in [0.29, 0.717) is 34.0 Å². The SMILES string of the molecule is COc1ccccc1-c1nc2ccc(NC(=O)c3ccncc3)cc2o1. The fraction of sp³-hybridized carbons (Fsp3) is 0.0500. The van der Waals surface area contributed by atoms with Gasteiger partial charge in [-0.15, -0.1) is 0 Å². The molecule has 0 fully saturated rings. The Bertz CT molecular complexity index is 1070. The molecule has 0 radical (unpaired) electrons. The van der Waals surface area contributed by atoms with Crippen molar-refractivity contribution in [2.75, 3.05) is 12.4 Å². The molecule has 2 aromatic heterocycles. The first-order chi connectivity index (χ1) is 12.7. The molecule has 1 amide bonds. The van der Waals surface area contributed by atoms with Gasteiger partial charge in [-0.3, -0.25) is 9.78 Å². The van der Waals surface area contributed by atoms with Gasteiger partial charge in [0.25, 0.3) is 5.91 Å². The Morgan fingerprint density at radius 3 is 2.69 bits per heavy atom. The maximum atomic E-state index is 12.3. The Morgan fingerprint density at radius 1 is 1.08 bits per heavy atom. The molecular formula is C20H15N3O3. The van der Waals surface area contributed by atoms with Crippen molar-refractivity contribution in [3.8, 4) is 17.2 Å². The molecule has 128 valence electrons. The smallest absolute Gasteiger partial charge is 0.255 e. The molecule has 0 spiro atoms. The summed E-state index contributed by atoms with van der Waals surface area (Å²) in [7, 11) is 1.61. The molecule has 0 unspecified atom stereocenters. The van der Waals surface area contributed by atoms with Gasteiger partial charge in [-0.1, -0.05) is 12.1 Å². The highest BCUT2D eigenvalue weighted by Crippen LogP contribution is 2.32. The van der Waals surface area contributed by atoms with Gasteiger partial charge >= 0.3 is 0 Å². The van der Waals surface area contributed by atoms with Gasteiger partial charge in [0, 0.05) is 29.7 Å². The molecular weight excluding hydrogens is 330 g/mol. The second-order valence-corrected chi connectivity index (χ2v) is 5.59. The Hall–Kier alpha value is -3.67. The molecule has 0 aliphatic rings. The number of fused-ring (bicyclic) bond motifs is 1. The molecule has 0 aliphatic carbocycles. The molecule has 6 heteroatoms. The van der Waals surface area contributed by atoms with E-state index in [2.05, 4.69) is 15.3 Å². The molecule has 0 saturated heterocycles. The van der Waals surface area contributed by atoms with Gasteiger partial charge < -0.3 is 14.5 Å². The van der Waals surface area contributed by atoms with E-state index in [1.165, 1.54) is 0 Å². The number of benzene rings is 2. The van der Waals surface area contributed by atoms with Crippen LogP contribution in [0.15, 0.2) is 71.4 Å². The first-order valence-corrected chi connectivity index (χ1v) is 8.00. The molecule has 2 aromatic carbocycles. The van der Waals surface area contributed by atoms with Crippen LogP contribution in [-0.4, -0.2) is 23.0 Å². The number of amides is 1. The van der Waals surface area contributed by atoms with Gasteiger partial charge in [0.2, 0.25) is 5.89 Å². The van der Waals surface area contributed by atoms with Crippen LogP contribution in [0.2, 0.25) is 0 Å². The van der Waals surface area contributed by atoms with Crippen LogP contribution in [0.5, 0.6) is 5.75 Å². The highest BCUT2D eigenvalue weighted by Gasteiger charge is 2.13. The standard InChI is InChI=1S/C20H15N3O3/c1-25-17-5-3-2-4-15(17)20-23-16-7-6-14(12-18(16)26-20)22-19(24)13-8-10-21-11-9-13/h2-12H,1H3,(H,22,24). The molecule has 6 nitrogen and oxygen atoms in total. The van der Waals surface area contributed by atoms with Crippen LogP contribution in [0.3, 0.4) is 0 Å². The quantitative estimate of drug-likeness (QED) is 0.601. The summed E-state index contributed by atoms with van der Waals surface area (Å²) < 4.78 is 11.2. The van der Waals surface area contributed by atoms with E-state index in [-0.39, 0.29) is 5.91 Å². The number of nitrogens with zero attached hydrogens (tertiary/aromatic N) is 2. The van der Waals surface area contributed by atoms with Gasteiger partial charge in [0.05, 0.1) is 12.7 Å². The topological polar surface area (TPSA) is 77.2 Å². The summed E-state index contributed by atoms with van der Waals surface area (Å²) in [6.45, 7) is 0. The van der Waals surface area contributed by atoms with Crippen LogP contribution in [0.1, 0.15) is 10.4 Å². The van der Waals surface area contributed by atoms with E-state index in [1.807, 2.05) is 24.3 Å². The fourth-order valence-corrected chi connectivity index (χ4v) is 2.65. The third-order valence-electron chi connectivity index (χ3n) is 3.93. The number of carbonyl (C=O) groups excluding carboxylic acids is 1. The van der Waals surface area contributed by atoms with E-state index in [9.17, 15) is 4.79 Å². The van der Waals surface area contributed by atoms with Crippen molar-refractivity contribution in [3.05, 3.63) is 72.6 Å². The van der Waals surface area contributed by atoms with Crippen molar-refractivity contribution in [1.82, 2.24) is 9.97 Å². The zero-order valence-corrected chi connectivity index (χ0v) is 14.0. The third-order valence-corrected chi connectivity index (χ3v) is 3.93. The highest BCUT2D eigenvalue weighted by molar-refractivity contribution is 6.04. The average Bonchev–Trinajstić information content (AvgIpc) is 3.11. The number of ether oxygens (including phenoxy) is 1. The van der Waals surface area contributed by atoms with Crippen LogP contribution in [0.4, 0.5) is 5.69 Å². The van der Waals surface area contributed by atoms with E-state index < -0.39 is 0 Å². The van der Waals surface area contributed by atoms with Gasteiger partial charge in [-0.05, 0) is 36.4 Å². The van der Waals surface area contributed by atoms with E-state index in [0.717, 1.165) is 5.56 Å². The lowest BCUT2D eigenvalue weighted by molar-refractivity contribution is 0.102. The predicted octanol–water partition coefficient (Wildman–Crippen LogP) is 4.15. The van der Waals surface area contributed by atoms with Crippen molar-refractivity contribution in [3.63, 3.8) is 0 Å². The van der Waals surface area contributed by atoms with Crippen LogP contribution >= 0.6 is 0 Å². The van der Waals surface area contributed by atoms with Gasteiger partial charge in [-0.25, -0.2) is 4.98 Å². The number of anilines is 1. The average molecular weight is 345 g/mol. The molecule has 26 heavy (non-hydrogen) atoms. The fourth-order valence-electron chi connectivity index (χ4n) is 2.65. The van der Waals surface area contributed by atoms with Crippen molar-refractivity contribution < 1.29 is 13.9 Å². The minimum atomic E-state index is -0.212. The lowest BCUT2D eigenvalue weighted by Gasteiger charge is -2.04. The number of methoxy groups -OCH3 is 1. The monoisotopic (exact) mass is 345 g/mol. The molecule has 0 bridgehead atoms. The Labute approximate surface area is 149 Å². The van der Waals surface area contributed by atoms with Crippen LogP contribution in [0, 0.1) is 0 Å². The maximum absolute atomic E-state index is 12.3. The molecule has 4 rings (SSSR count). The second kappa shape index (κ2) is 6.68. The minimum Gasteiger partial charge on any atom is -0.496 e. The molecule has 2 heterocycles. The predicted molar refractivity (Wildman–Crippen MR) is 98.2 cm³/mol. The van der Waals surface area contributed by atoms with Crippen molar-refractivity contribution in [2.45, 2.75) is 0 Å². The number of rotatable bonds is 4. The lowest BCUT2D eigenvalue weighted by atomic mass is 10.2. The number of para-hydroxylation sites is 1. The first-order valence-electron chi connectivity index (χ1n) is 8.00. The van der Waals surface area contributed by atoms with Gasteiger partial charge in [0.1, 0.15) is 11.3 Å². The molecule has 1 N–H and O–H groups in total. The number of hydrogen-bond acceptors (Lipinski definition) is 5. The Morgan fingerprint density at radius 2 is 1.88 bits per heavy atom. The van der Waals surface area contributed by atoms with Crippen LogP contribution in [-0.2, 0) is 0 Å². The van der Waals surface area contributed by atoms with Crippen LogP contribution < -0.4 is 10.1 Å².